The Morgan fingerprint density at radius 3 is 2.69 bits per heavy atom. The fourth-order valence-corrected chi connectivity index (χ4v) is 1.67. The minimum atomic E-state index is 0.840. The maximum Gasteiger partial charge on any atom is 0.312 e. The number of ether oxygens (including phenoxy) is 1. The van der Waals surface area contributed by atoms with Gasteiger partial charge in [0.05, 0.1) is 0 Å². The van der Waals surface area contributed by atoms with Crippen molar-refractivity contribution in [3.05, 3.63) is 54.1 Å². The number of nitrogens with zero attached hydrogens (tertiary/aromatic N) is 1. The molecule has 1 aliphatic rings. The summed E-state index contributed by atoms with van der Waals surface area (Å²) < 4.78 is 5.73. The zero-order valence-electron chi connectivity index (χ0n) is 8.63. The number of hydrogen-bond acceptors (Lipinski definition) is 2. The lowest BCUT2D eigenvalue weighted by molar-refractivity contribution is 0.483. The zero-order valence-corrected chi connectivity index (χ0v) is 8.63. The smallest absolute Gasteiger partial charge is 0.312 e. The summed E-state index contributed by atoms with van der Waals surface area (Å²) in [4.78, 5) is 4.09. The highest BCUT2D eigenvalue weighted by Gasteiger charge is 2.08. The van der Waals surface area contributed by atoms with E-state index in [1.54, 1.807) is 0 Å². The van der Waals surface area contributed by atoms with Crippen LogP contribution >= 0.6 is 0 Å². The fourth-order valence-electron chi connectivity index (χ4n) is 1.67. The van der Waals surface area contributed by atoms with E-state index in [2.05, 4.69) is 4.90 Å². The van der Waals surface area contributed by atoms with E-state index < -0.39 is 0 Å². The number of hydrogen-bond donors (Lipinski definition) is 0. The molecule has 1 aliphatic heterocycles. The van der Waals surface area contributed by atoms with Gasteiger partial charge >= 0.3 is 7.41 Å². The average molecular weight is 206 g/mol. The van der Waals surface area contributed by atoms with Crippen molar-refractivity contribution in [1.29, 1.82) is 0 Å². The predicted molar refractivity (Wildman–Crippen MR) is 65.9 cm³/mol. The summed E-state index contributed by atoms with van der Waals surface area (Å²) in [5, 5.41) is 0. The van der Waals surface area contributed by atoms with Crippen molar-refractivity contribution in [2.24, 2.45) is 4.90 Å². The van der Waals surface area contributed by atoms with E-state index in [9.17, 15) is 0 Å². The number of benzene rings is 2. The highest BCUT2D eigenvalue weighted by Crippen LogP contribution is 2.21. The van der Waals surface area contributed by atoms with Crippen LogP contribution in [0.15, 0.2) is 53.4 Å². The monoisotopic (exact) mass is 206 g/mol. The molecule has 3 rings (SSSR count). The Hall–Kier alpha value is -2.03. The lowest BCUT2D eigenvalue weighted by Crippen LogP contribution is -2.10. The van der Waals surface area contributed by atoms with Crippen LogP contribution in [0.4, 0.5) is 0 Å². The fraction of sp³-hybridized carbons (Fsp3) is 0. The van der Waals surface area contributed by atoms with Crippen molar-refractivity contribution in [3.8, 4) is 11.5 Å². The molecule has 0 saturated carbocycles. The molecule has 0 spiro atoms. The van der Waals surface area contributed by atoms with Crippen molar-refractivity contribution in [3.63, 3.8) is 0 Å². The number of fused-ring (bicyclic) bond motifs is 1. The van der Waals surface area contributed by atoms with Crippen LogP contribution in [0.25, 0.3) is 0 Å². The van der Waals surface area contributed by atoms with Crippen molar-refractivity contribution in [2.75, 3.05) is 0 Å². The van der Waals surface area contributed by atoms with Gasteiger partial charge in [0.2, 0.25) is 0 Å². The summed E-state index contributed by atoms with van der Waals surface area (Å²) in [5.74, 6) is 1.69. The first-order valence-electron chi connectivity index (χ1n) is 5.15. The van der Waals surface area contributed by atoms with E-state index in [-0.39, 0.29) is 0 Å². The van der Waals surface area contributed by atoms with E-state index in [1.165, 1.54) is 0 Å². The van der Waals surface area contributed by atoms with Gasteiger partial charge in [-0.25, -0.2) is 0 Å². The maximum atomic E-state index is 5.73. The van der Waals surface area contributed by atoms with Gasteiger partial charge in [-0.1, -0.05) is 24.3 Å². The summed E-state index contributed by atoms with van der Waals surface area (Å²) >= 11 is 0. The molecule has 1 heterocycles. The zero-order chi connectivity index (χ0) is 10.8. The van der Waals surface area contributed by atoms with E-state index in [0.29, 0.717) is 0 Å². The molecule has 0 aliphatic carbocycles. The molecule has 0 amide bonds. The van der Waals surface area contributed by atoms with Gasteiger partial charge in [-0.15, -0.1) is 0 Å². The number of rotatable bonds is 2. The first kappa shape index (κ1) is 9.22. The molecule has 75 valence electrons. The third-order valence-electron chi connectivity index (χ3n) is 2.46. The van der Waals surface area contributed by atoms with Crippen LogP contribution in [0.3, 0.4) is 0 Å². The Balaban J connectivity index is 1.88. The van der Waals surface area contributed by atoms with E-state index in [0.717, 1.165) is 22.5 Å². The topological polar surface area (TPSA) is 21.6 Å². The van der Waals surface area contributed by atoms with Gasteiger partial charge in [-0.05, 0) is 35.3 Å². The summed E-state index contributed by atoms with van der Waals surface area (Å²) in [6.07, 6.45) is 1.84. The molecule has 0 unspecified atom stereocenters. The molecule has 0 bridgehead atoms. The Morgan fingerprint density at radius 2 is 1.81 bits per heavy atom. The van der Waals surface area contributed by atoms with E-state index in [1.807, 2.05) is 62.2 Å². The van der Waals surface area contributed by atoms with Gasteiger partial charge < -0.3 is 9.64 Å². The highest BCUT2D eigenvalue weighted by atomic mass is 16.5. The van der Waals surface area contributed by atoms with Crippen molar-refractivity contribution in [1.82, 2.24) is 0 Å². The van der Waals surface area contributed by atoms with Crippen LogP contribution < -0.4 is 10.2 Å². The van der Waals surface area contributed by atoms with Crippen LogP contribution in [0, 0.1) is 0 Å². The standard InChI is InChI=1S/C13H9BNO/c1-2-4-11(5-3-1)16-12-6-7-13-10(8-12)9-15-14-13/h1-9H. The van der Waals surface area contributed by atoms with Gasteiger partial charge in [0.25, 0.3) is 0 Å². The molecule has 0 aromatic heterocycles. The second kappa shape index (κ2) is 3.85. The molecule has 3 heteroatoms. The van der Waals surface area contributed by atoms with E-state index in [4.69, 9.17) is 4.74 Å². The van der Waals surface area contributed by atoms with E-state index >= 15 is 0 Å². The van der Waals surface area contributed by atoms with Crippen LogP contribution in [-0.4, -0.2) is 13.6 Å². The molecule has 2 nitrogen and oxygen atoms in total. The van der Waals surface area contributed by atoms with Crippen molar-refractivity contribution in [2.45, 2.75) is 0 Å². The number of para-hydroxylation sites is 1. The Labute approximate surface area is 94.9 Å². The average Bonchev–Trinajstić information content (AvgIpc) is 2.77. The van der Waals surface area contributed by atoms with Gasteiger partial charge in [0.15, 0.2) is 0 Å². The first-order valence-corrected chi connectivity index (χ1v) is 5.15. The highest BCUT2D eigenvalue weighted by molar-refractivity contribution is 6.57. The normalized spacial score (nSPS) is 12.0. The second-order valence-electron chi connectivity index (χ2n) is 3.61. The molecule has 0 atom stereocenters. The Bertz CT molecular complexity index is 537. The third kappa shape index (κ3) is 1.72. The molecule has 1 radical (unpaired) electrons. The maximum absolute atomic E-state index is 5.73. The minimum Gasteiger partial charge on any atom is -0.457 e. The SMILES string of the molecule is [B]1N=Cc2cc(Oc3ccccc3)ccc21. The largest absolute Gasteiger partial charge is 0.457 e. The van der Waals surface area contributed by atoms with Gasteiger partial charge in [-0.3, -0.25) is 0 Å². The van der Waals surface area contributed by atoms with Crippen LogP contribution in [0.2, 0.25) is 0 Å². The van der Waals surface area contributed by atoms with Crippen LogP contribution in [0.5, 0.6) is 11.5 Å². The van der Waals surface area contributed by atoms with Gasteiger partial charge in [0, 0.05) is 6.21 Å². The van der Waals surface area contributed by atoms with Gasteiger partial charge in [-0.2, -0.15) is 0 Å². The quantitative estimate of drug-likeness (QED) is 0.690. The lowest BCUT2D eigenvalue weighted by atomic mass is 9.84. The third-order valence-corrected chi connectivity index (χ3v) is 2.46. The van der Waals surface area contributed by atoms with Crippen LogP contribution in [0.1, 0.15) is 5.56 Å². The summed E-state index contributed by atoms with van der Waals surface area (Å²) in [6.45, 7) is 0. The Kier molecular flexibility index (Phi) is 2.22. The summed E-state index contributed by atoms with van der Waals surface area (Å²) in [7, 11) is 1.85. The van der Waals surface area contributed by atoms with Crippen molar-refractivity contribution < 1.29 is 4.74 Å². The second-order valence-corrected chi connectivity index (χ2v) is 3.61. The summed E-state index contributed by atoms with van der Waals surface area (Å²) in [5.41, 5.74) is 2.24. The van der Waals surface area contributed by atoms with Crippen LogP contribution in [-0.2, 0) is 0 Å². The summed E-state index contributed by atoms with van der Waals surface area (Å²) in [6, 6.07) is 15.7. The first-order chi connectivity index (χ1) is 7.92. The molecular formula is C13H9BNO. The molecular weight excluding hydrogens is 197 g/mol. The van der Waals surface area contributed by atoms with Gasteiger partial charge in [0.1, 0.15) is 11.5 Å². The minimum absolute atomic E-state index is 0.840. The van der Waals surface area contributed by atoms with Crippen molar-refractivity contribution >= 4 is 19.1 Å². The lowest BCUT2D eigenvalue weighted by Gasteiger charge is -2.06. The molecule has 0 saturated heterocycles. The molecule has 2 aromatic carbocycles. The molecule has 16 heavy (non-hydrogen) atoms. The Morgan fingerprint density at radius 1 is 0.938 bits per heavy atom. The predicted octanol–water partition coefficient (Wildman–Crippen LogP) is 2.16. The molecule has 0 N–H and O–H groups in total. The molecule has 2 aromatic rings. The molecule has 0 fully saturated rings.